The molecular weight excluding hydrogens is 962 g/mol. The topological polar surface area (TPSA) is 97.4 Å². The summed E-state index contributed by atoms with van der Waals surface area (Å²) >= 11 is 3.10. The van der Waals surface area contributed by atoms with Gasteiger partial charge in [-0.1, -0.05) is 72.8 Å². The minimum absolute atomic E-state index is 0. The molecule has 2 fully saturated rings. The fourth-order valence-electron chi connectivity index (χ4n) is 8.30. The molecule has 2 aliphatic rings. The van der Waals surface area contributed by atoms with Gasteiger partial charge in [0.15, 0.2) is 0 Å². The van der Waals surface area contributed by atoms with E-state index in [0.717, 1.165) is 121 Å². The molecule has 0 unspecified atom stereocenters. The van der Waals surface area contributed by atoms with Crippen molar-refractivity contribution in [2.24, 2.45) is 10.2 Å². The second-order valence-corrected chi connectivity index (χ2v) is 17.3. The number of para-hydroxylation sites is 4. The number of anilines is 2. The van der Waals surface area contributed by atoms with Crippen molar-refractivity contribution in [2.45, 2.75) is 13.1 Å². The highest BCUT2D eigenvalue weighted by molar-refractivity contribution is 7.13. The largest absolute Gasteiger partial charge is 0.339 e. The lowest BCUT2D eigenvalue weighted by molar-refractivity contribution is 0.151. The van der Waals surface area contributed by atoms with Crippen molar-refractivity contribution in [1.82, 2.24) is 38.7 Å². The number of thiazole rings is 2. The Balaban J connectivity index is 0.000000264. The average molecular weight is 1020 g/mol. The van der Waals surface area contributed by atoms with E-state index in [9.17, 15) is 0 Å². The maximum atomic E-state index is 4.77. The van der Waals surface area contributed by atoms with E-state index in [1.165, 1.54) is 22.1 Å². The number of halogens is 5. The van der Waals surface area contributed by atoms with Crippen LogP contribution in [-0.2, 0) is 13.1 Å². The van der Waals surface area contributed by atoms with Crippen LogP contribution < -0.4 is 21.6 Å². The lowest BCUT2D eigenvalue weighted by atomic mass is 10.1. The van der Waals surface area contributed by atoms with Gasteiger partial charge in [-0.2, -0.15) is 10.2 Å². The summed E-state index contributed by atoms with van der Waals surface area (Å²) in [6.07, 6.45) is 3.58. The Morgan fingerprint density at radius 1 is 0.446 bits per heavy atom. The van der Waals surface area contributed by atoms with Gasteiger partial charge >= 0.3 is 0 Å². The van der Waals surface area contributed by atoms with Crippen LogP contribution in [0.15, 0.2) is 130 Å². The summed E-state index contributed by atoms with van der Waals surface area (Å²) in [6.45, 7) is 13.2. The number of hydrogen-bond acceptors (Lipinski definition) is 12. The molecule has 6 heterocycles. The molecule has 65 heavy (non-hydrogen) atoms. The Morgan fingerprint density at radius 3 is 1.05 bits per heavy atom. The molecule has 348 valence electrons. The molecular formula is C46H57Cl5N12S2. The summed E-state index contributed by atoms with van der Waals surface area (Å²) in [5.74, 6) is 0. The van der Waals surface area contributed by atoms with Crippen molar-refractivity contribution in [3.63, 3.8) is 0 Å². The molecule has 19 heteroatoms. The molecule has 4 aromatic heterocycles. The lowest BCUT2D eigenvalue weighted by Crippen LogP contribution is -2.45. The zero-order valence-corrected chi connectivity index (χ0v) is 42.1. The van der Waals surface area contributed by atoms with Crippen LogP contribution in [0, 0.1) is 0 Å². The van der Waals surface area contributed by atoms with Gasteiger partial charge in [0.1, 0.15) is 10.7 Å². The summed E-state index contributed by atoms with van der Waals surface area (Å²) in [6, 6.07) is 34.3. The Labute approximate surface area is 419 Å². The SMILES string of the molecule is CN1CCN(CCn2c3ccccc3c(=NNc3nccs3)c3ccccc32)CC1.CN1CCN(CCn2c3ccccc3c(=NNc3nccs3)c3ccccc32)CC1.Cl.Cl.Cl.Cl.Cl. The van der Waals surface area contributed by atoms with Gasteiger partial charge in [-0.25, -0.2) is 9.97 Å². The molecule has 2 aliphatic heterocycles. The van der Waals surface area contributed by atoms with Crippen LogP contribution in [0.2, 0.25) is 0 Å². The minimum atomic E-state index is 0. The predicted octanol–water partition coefficient (Wildman–Crippen LogP) is 8.96. The zero-order valence-electron chi connectivity index (χ0n) is 36.4. The van der Waals surface area contributed by atoms with Gasteiger partial charge in [0.2, 0.25) is 10.3 Å². The molecule has 12 nitrogen and oxygen atoms in total. The number of likely N-dealkylation sites (N-methyl/N-ethyl adjacent to an activating group) is 2. The van der Waals surface area contributed by atoms with Gasteiger partial charge in [0.05, 0.1) is 22.1 Å². The van der Waals surface area contributed by atoms with E-state index in [4.69, 9.17) is 10.2 Å². The van der Waals surface area contributed by atoms with Gasteiger partial charge in [0, 0.05) is 123 Å². The number of fused-ring (bicyclic) bond motifs is 4. The summed E-state index contributed by atoms with van der Waals surface area (Å²) in [5.41, 5.74) is 11.1. The summed E-state index contributed by atoms with van der Waals surface area (Å²) < 4.78 is 4.90. The number of piperazine rings is 2. The van der Waals surface area contributed by atoms with Crippen molar-refractivity contribution in [1.29, 1.82) is 0 Å². The van der Waals surface area contributed by atoms with Gasteiger partial charge < -0.3 is 18.9 Å². The van der Waals surface area contributed by atoms with Gasteiger partial charge in [-0.3, -0.25) is 20.7 Å². The summed E-state index contributed by atoms with van der Waals surface area (Å²) in [4.78, 5) is 18.5. The third-order valence-electron chi connectivity index (χ3n) is 11.7. The van der Waals surface area contributed by atoms with E-state index >= 15 is 0 Å². The third-order valence-corrected chi connectivity index (χ3v) is 13.0. The van der Waals surface area contributed by atoms with Crippen molar-refractivity contribution < 1.29 is 0 Å². The molecule has 8 aromatic rings. The van der Waals surface area contributed by atoms with Crippen molar-refractivity contribution in [3.05, 3.63) is 131 Å². The molecule has 10 rings (SSSR count). The maximum Gasteiger partial charge on any atom is 0.203 e. The molecule has 0 amide bonds. The number of aromatic nitrogens is 4. The van der Waals surface area contributed by atoms with Crippen molar-refractivity contribution >= 4 is 139 Å². The normalized spacial score (nSPS) is 14.4. The predicted molar refractivity (Wildman–Crippen MR) is 286 cm³/mol. The fourth-order valence-corrected chi connectivity index (χ4v) is 9.24. The van der Waals surface area contributed by atoms with E-state index in [2.05, 4.69) is 161 Å². The Kier molecular flexibility index (Phi) is 21.2. The van der Waals surface area contributed by atoms with E-state index in [1.807, 2.05) is 10.8 Å². The van der Waals surface area contributed by atoms with E-state index in [1.54, 1.807) is 35.1 Å². The van der Waals surface area contributed by atoms with Crippen LogP contribution in [0.1, 0.15) is 0 Å². The molecule has 0 bridgehead atoms. The highest BCUT2D eigenvalue weighted by Crippen LogP contribution is 2.22. The highest BCUT2D eigenvalue weighted by atomic mass is 35.5. The lowest BCUT2D eigenvalue weighted by Gasteiger charge is -2.32. The van der Waals surface area contributed by atoms with Crippen LogP contribution in [-0.4, -0.2) is 118 Å². The Bertz CT molecular complexity index is 2510. The fraction of sp³-hybridized carbons (Fsp3) is 0.304. The van der Waals surface area contributed by atoms with Crippen molar-refractivity contribution in [3.8, 4) is 0 Å². The van der Waals surface area contributed by atoms with Gasteiger partial charge in [-0.05, 0) is 38.4 Å². The Hall–Kier alpha value is -4.03. The first-order valence-corrected chi connectivity index (χ1v) is 22.6. The monoisotopic (exact) mass is 1020 g/mol. The second-order valence-electron chi connectivity index (χ2n) is 15.5. The van der Waals surface area contributed by atoms with Gasteiger partial charge in [0.25, 0.3) is 0 Å². The zero-order chi connectivity index (χ0) is 40.7. The number of hydrogen-bond donors (Lipinski definition) is 2. The molecule has 0 saturated carbocycles. The molecule has 0 atom stereocenters. The molecule has 0 aliphatic carbocycles. The minimum Gasteiger partial charge on any atom is -0.339 e. The number of rotatable bonds is 10. The van der Waals surface area contributed by atoms with Crippen LogP contribution in [0.25, 0.3) is 43.6 Å². The molecule has 2 saturated heterocycles. The highest BCUT2D eigenvalue weighted by Gasteiger charge is 2.17. The van der Waals surface area contributed by atoms with Crippen molar-refractivity contribution in [2.75, 3.05) is 90.4 Å². The molecule has 0 spiro atoms. The molecule has 2 N–H and O–H groups in total. The standard InChI is InChI=1S/2C23H26N6S.5ClH/c2*1-27-11-13-28(14-12-27)15-16-29-20-8-4-2-6-18(20)22(19-7-3-5-9-21(19)29)25-26-23-24-10-17-30-23;;;;;/h2*2-10,17H,11-16H2,1H3,(H,24,26);5*1H. The number of nitrogens with zero attached hydrogens (tertiary/aromatic N) is 10. The molecule has 4 aromatic carbocycles. The number of nitrogens with one attached hydrogen (secondary N) is 2. The number of pyridine rings is 2. The first kappa shape index (κ1) is 53.6. The smallest absolute Gasteiger partial charge is 0.203 e. The maximum absolute atomic E-state index is 4.77. The van der Waals surface area contributed by atoms with Crippen LogP contribution in [0.3, 0.4) is 0 Å². The van der Waals surface area contributed by atoms with Crippen LogP contribution >= 0.6 is 84.7 Å². The number of benzene rings is 4. The van der Waals surface area contributed by atoms with Crippen LogP contribution in [0.4, 0.5) is 10.3 Å². The van der Waals surface area contributed by atoms with Crippen LogP contribution in [0.5, 0.6) is 0 Å². The quantitative estimate of drug-likeness (QED) is 0.104. The average Bonchev–Trinajstić information content (AvgIpc) is 4.03. The third kappa shape index (κ3) is 12.7. The summed E-state index contributed by atoms with van der Waals surface area (Å²) in [5, 5.41) is 21.6. The second kappa shape index (κ2) is 25.8. The van der Waals surface area contributed by atoms with Gasteiger partial charge in [-0.15, -0.1) is 84.7 Å². The van der Waals surface area contributed by atoms with E-state index in [0.29, 0.717) is 0 Å². The molecule has 0 radical (unpaired) electrons. The first-order chi connectivity index (χ1) is 29.6. The van der Waals surface area contributed by atoms with E-state index in [-0.39, 0.29) is 62.0 Å². The summed E-state index contributed by atoms with van der Waals surface area (Å²) in [7, 11) is 4.41. The van der Waals surface area contributed by atoms with E-state index < -0.39 is 0 Å². The Morgan fingerprint density at radius 2 is 0.754 bits per heavy atom. The first-order valence-electron chi connectivity index (χ1n) is 20.8.